The lowest BCUT2D eigenvalue weighted by Gasteiger charge is -2.26. The van der Waals surface area contributed by atoms with Crippen LogP contribution < -0.4 is 16.4 Å². The van der Waals surface area contributed by atoms with Gasteiger partial charge in [0.25, 0.3) is 0 Å². The number of hydrogen-bond donors (Lipinski definition) is 4. The molecule has 0 bridgehead atoms. The molecule has 0 atom stereocenters. The quantitative estimate of drug-likeness (QED) is 0.343. The average Bonchev–Trinajstić information content (AvgIpc) is 3.10. The van der Waals surface area contributed by atoms with E-state index in [4.69, 9.17) is 15.8 Å². The molecular formula is C23H24N6OS. The van der Waals surface area contributed by atoms with E-state index in [1.54, 1.807) is 23.7 Å². The van der Waals surface area contributed by atoms with Crippen LogP contribution in [-0.2, 0) is 0 Å². The van der Waals surface area contributed by atoms with Crippen LogP contribution in [0.3, 0.4) is 0 Å². The maximum absolute atomic E-state index is 8.98. The van der Waals surface area contributed by atoms with Gasteiger partial charge >= 0.3 is 0 Å². The standard InChI is InChI=1S/C23H24N6OS/c24-21-20-16(17-6-1-2-9-25-17)12-18(14-7-8-19(27-13-14)26-10-11-30)29-22(20)31-23(21)28-15-4-3-5-15/h1-2,6-9,12-13,15,28,30H,3-5,10-11,24H2,(H,26,27). The van der Waals surface area contributed by atoms with Gasteiger partial charge < -0.3 is 21.5 Å². The van der Waals surface area contributed by atoms with Crippen molar-refractivity contribution in [2.75, 3.05) is 29.5 Å². The number of aliphatic hydroxyl groups excluding tert-OH is 1. The normalized spacial score (nSPS) is 13.8. The minimum atomic E-state index is 0.0616. The number of pyridine rings is 3. The second-order valence-corrected chi connectivity index (χ2v) is 8.65. The molecule has 1 fully saturated rings. The van der Waals surface area contributed by atoms with E-state index in [0.29, 0.717) is 12.6 Å². The molecule has 0 saturated heterocycles. The van der Waals surface area contributed by atoms with Crippen molar-refractivity contribution in [3.8, 4) is 22.5 Å². The fraction of sp³-hybridized carbons (Fsp3) is 0.261. The Bertz CT molecular complexity index is 1190. The van der Waals surface area contributed by atoms with Gasteiger partial charge in [0, 0.05) is 41.5 Å². The van der Waals surface area contributed by atoms with Gasteiger partial charge in [0.15, 0.2) is 0 Å². The van der Waals surface area contributed by atoms with Crippen LogP contribution in [0.25, 0.3) is 32.7 Å². The first-order chi connectivity index (χ1) is 15.2. The maximum atomic E-state index is 8.98. The van der Waals surface area contributed by atoms with Crippen molar-refractivity contribution >= 4 is 38.1 Å². The number of aromatic nitrogens is 3. The van der Waals surface area contributed by atoms with E-state index in [1.165, 1.54) is 19.3 Å². The van der Waals surface area contributed by atoms with E-state index in [-0.39, 0.29) is 6.61 Å². The monoisotopic (exact) mass is 432 g/mol. The summed E-state index contributed by atoms with van der Waals surface area (Å²) >= 11 is 1.60. The second kappa shape index (κ2) is 8.49. The minimum absolute atomic E-state index is 0.0616. The van der Waals surface area contributed by atoms with Crippen LogP contribution in [0.1, 0.15) is 19.3 Å². The van der Waals surface area contributed by atoms with Crippen LogP contribution in [0.2, 0.25) is 0 Å². The first-order valence-corrected chi connectivity index (χ1v) is 11.3. The summed E-state index contributed by atoms with van der Waals surface area (Å²) in [4.78, 5) is 14.8. The molecule has 0 aromatic carbocycles. The van der Waals surface area contributed by atoms with Gasteiger partial charge in [-0.3, -0.25) is 4.98 Å². The zero-order valence-corrected chi connectivity index (χ0v) is 17.8. The summed E-state index contributed by atoms with van der Waals surface area (Å²) in [5.74, 6) is 0.719. The Morgan fingerprint density at radius 3 is 2.71 bits per heavy atom. The van der Waals surface area contributed by atoms with Gasteiger partial charge in [-0.15, -0.1) is 0 Å². The molecule has 4 aromatic heterocycles. The molecule has 4 aromatic rings. The van der Waals surface area contributed by atoms with Crippen LogP contribution in [0.15, 0.2) is 48.8 Å². The van der Waals surface area contributed by atoms with E-state index in [0.717, 1.165) is 49.2 Å². The fourth-order valence-corrected chi connectivity index (χ4v) is 4.77. The molecule has 0 spiro atoms. The number of anilines is 3. The average molecular weight is 433 g/mol. The van der Waals surface area contributed by atoms with Gasteiger partial charge in [-0.05, 0) is 49.6 Å². The number of thiophene rings is 1. The predicted octanol–water partition coefficient (Wildman–Crippen LogP) is 4.37. The third-order valence-electron chi connectivity index (χ3n) is 5.56. The third-order valence-corrected chi connectivity index (χ3v) is 6.59. The lowest BCUT2D eigenvalue weighted by Crippen LogP contribution is -2.26. The van der Waals surface area contributed by atoms with E-state index in [2.05, 4.69) is 20.6 Å². The summed E-state index contributed by atoms with van der Waals surface area (Å²) in [7, 11) is 0. The van der Waals surface area contributed by atoms with Crippen molar-refractivity contribution in [3.05, 3.63) is 48.8 Å². The molecule has 1 saturated carbocycles. The number of aliphatic hydroxyl groups is 1. The Balaban J connectivity index is 1.60. The Hall–Kier alpha value is -3.23. The molecule has 0 unspecified atom stereocenters. The molecule has 0 aliphatic heterocycles. The molecular weight excluding hydrogens is 408 g/mol. The van der Waals surface area contributed by atoms with Crippen molar-refractivity contribution < 1.29 is 5.11 Å². The molecule has 5 rings (SSSR count). The third kappa shape index (κ3) is 3.92. The van der Waals surface area contributed by atoms with Crippen LogP contribution >= 0.6 is 11.3 Å². The van der Waals surface area contributed by atoms with E-state index in [1.807, 2.05) is 36.4 Å². The highest BCUT2D eigenvalue weighted by Gasteiger charge is 2.22. The van der Waals surface area contributed by atoms with Gasteiger partial charge in [0.2, 0.25) is 0 Å². The zero-order chi connectivity index (χ0) is 21.2. The molecule has 1 aliphatic carbocycles. The Morgan fingerprint density at radius 1 is 1.13 bits per heavy atom. The number of nitrogens with zero attached hydrogens (tertiary/aromatic N) is 3. The molecule has 7 nitrogen and oxygen atoms in total. The molecule has 4 heterocycles. The summed E-state index contributed by atoms with van der Waals surface area (Å²) < 4.78 is 0. The largest absolute Gasteiger partial charge is 0.396 e. The van der Waals surface area contributed by atoms with Crippen LogP contribution in [0.5, 0.6) is 0 Å². The molecule has 0 radical (unpaired) electrons. The van der Waals surface area contributed by atoms with Crippen molar-refractivity contribution in [1.82, 2.24) is 15.0 Å². The summed E-state index contributed by atoms with van der Waals surface area (Å²) in [6, 6.07) is 12.3. The lowest BCUT2D eigenvalue weighted by atomic mass is 9.93. The molecule has 31 heavy (non-hydrogen) atoms. The van der Waals surface area contributed by atoms with Gasteiger partial charge in [-0.2, -0.15) is 0 Å². The molecule has 8 heteroatoms. The lowest BCUT2D eigenvalue weighted by molar-refractivity contribution is 0.311. The topological polar surface area (TPSA) is 109 Å². The first kappa shape index (κ1) is 19.7. The first-order valence-electron chi connectivity index (χ1n) is 10.4. The highest BCUT2D eigenvalue weighted by atomic mass is 32.1. The molecule has 5 N–H and O–H groups in total. The molecule has 0 amide bonds. The maximum Gasteiger partial charge on any atom is 0.128 e. The van der Waals surface area contributed by atoms with Crippen molar-refractivity contribution in [2.45, 2.75) is 25.3 Å². The fourth-order valence-electron chi connectivity index (χ4n) is 3.67. The minimum Gasteiger partial charge on any atom is -0.396 e. The van der Waals surface area contributed by atoms with Crippen molar-refractivity contribution in [2.24, 2.45) is 0 Å². The predicted molar refractivity (Wildman–Crippen MR) is 127 cm³/mol. The summed E-state index contributed by atoms with van der Waals surface area (Å²) in [6.45, 7) is 0.526. The smallest absolute Gasteiger partial charge is 0.128 e. The highest BCUT2D eigenvalue weighted by molar-refractivity contribution is 7.23. The van der Waals surface area contributed by atoms with E-state index >= 15 is 0 Å². The van der Waals surface area contributed by atoms with Crippen LogP contribution in [0.4, 0.5) is 16.5 Å². The van der Waals surface area contributed by atoms with Gasteiger partial charge in [0.05, 0.1) is 23.7 Å². The van der Waals surface area contributed by atoms with Crippen LogP contribution in [-0.4, -0.2) is 39.3 Å². The zero-order valence-electron chi connectivity index (χ0n) is 17.0. The number of nitrogens with one attached hydrogen (secondary N) is 2. The van der Waals surface area contributed by atoms with E-state index in [9.17, 15) is 0 Å². The Morgan fingerprint density at radius 2 is 2.03 bits per heavy atom. The number of nitrogens with two attached hydrogens (primary N) is 1. The van der Waals surface area contributed by atoms with Crippen molar-refractivity contribution in [1.29, 1.82) is 0 Å². The summed E-state index contributed by atoms with van der Waals surface area (Å²) in [5, 5.41) is 17.6. The number of fused-ring (bicyclic) bond motifs is 1. The number of hydrogen-bond acceptors (Lipinski definition) is 8. The Labute approximate surface area is 184 Å². The van der Waals surface area contributed by atoms with Gasteiger partial charge in [0.1, 0.15) is 15.6 Å². The molecule has 1 aliphatic rings. The summed E-state index contributed by atoms with van der Waals surface area (Å²) in [5.41, 5.74) is 10.9. The van der Waals surface area contributed by atoms with Crippen molar-refractivity contribution in [3.63, 3.8) is 0 Å². The Kier molecular flexibility index (Phi) is 5.40. The number of rotatable bonds is 7. The molecule has 158 valence electrons. The van der Waals surface area contributed by atoms with Gasteiger partial charge in [-0.25, -0.2) is 9.97 Å². The highest BCUT2D eigenvalue weighted by Crippen LogP contribution is 2.44. The summed E-state index contributed by atoms with van der Waals surface area (Å²) in [6.07, 6.45) is 7.21. The second-order valence-electron chi connectivity index (χ2n) is 7.65. The van der Waals surface area contributed by atoms with E-state index < -0.39 is 0 Å². The SMILES string of the molecule is Nc1c(NC2CCC2)sc2nc(-c3ccc(NCCO)nc3)cc(-c3ccccn3)c12. The number of nitrogen functional groups attached to an aromatic ring is 1. The van der Waals surface area contributed by atoms with Crippen LogP contribution in [0, 0.1) is 0 Å². The van der Waals surface area contributed by atoms with Gasteiger partial charge in [-0.1, -0.05) is 17.4 Å².